The summed E-state index contributed by atoms with van der Waals surface area (Å²) in [6, 6.07) is 8.17. The highest BCUT2D eigenvalue weighted by Gasteiger charge is 2.15. The zero-order chi connectivity index (χ0) is 15.9. The van der Waals surface area contributed by atoms with Crippen LogP contribution in [0.15, 0.2) is 42.7 Å². The Labute approximate surface area is 133 Å². The van der Waals surface area contributed by atoms with Crippen molar-refractivity contribution in [2.24, 2.45) is 0 Å². The minimum absolute atomic E-state index is 0.247. The standard InChI is InChI=1S/C16H15ClN2O3/c1-2-22-14-6-5-12(15(17)20)8-13(14)16(21)19-10-11-4-3-7-18-9-11/h3-9H,2,10H2,1H3,(H,19,21). The van der Waals surface area contributed by atoms with Crippen LogP contribution in [0.5, 0.6) is 5.75 Å². The summed E-state index contributed by atoms with van der Waals surface area (Å²) in [5, 5.41) is 2.15. The van der Waals surface area contributed by atoms with E-state index in [2.05, 4.69) is 10.3 Å². The second-order valence-corrected chi connectivity index (χ2v) is 4.80. The van der Waals surface area contributed by atoms with Crippen LogP contribution < -0.4 is 10.1 Å². The molecule has 1 aromatic carbocycles. The van der Waals surface area contributed by atoms with E-state index in [1.165, 1.54) is 12.1 Å². The zero-order valence-corrected chi connectivity index (χ0v) is 12.8. The Kier molecular flexibility index (Phi) is 5.49. The zero-order valence-electron chi connectivity index (χ0n) is 12.0. The van der Waals surface area contributed by atoms with Crippen molar-refractivity contribution >= 4 is 22.8 Å². The Morgan fingerprint density at radius 1 is 1.32 bits per heavy atom. The van der Waals surface area contributed by atoms with E-state index in [4.69, 9.17) is 16.3 Å². The molecule has 1 heterocycles. The molecule has 1 aromatic heterocycles. The summed E-state index contributed by atoms with van der Waals surface area (Å²) in [4.78, 5) is 27.6. The van der Waals surface area contributed by atoms with Gasteiger partial charge in [0.2, 0.25) is 0 Å². The van der Waals surface area contributed by atoms with Crippen molar-refractivity contribution in [2.75, 3.05) is 6.61 Å². The van der Waals surface area contributed by atoms with Gasteiger partial charge in [0.1, 0.15) is 5.75 Å². The molecule has 0 fully saturated rings. The highest BCUT2D eigenvalue weighted by atomic mass is 35.5. The van der Waals surface area contributed by atoms with E-state index in [0.717, 1.165) is 5.56 Å². The van der Waals surface area contributed by atoms with E-state index >= 15 is 0 Å². The molecule has 2 rings (SSSR count). The molecule has 22 heavy (non-hydrogen) atoms. The summed E-state index contributed by atoms with van der Waals surface area (Å²) in [5.74, 6) is 0.0694. The lowest BCUT2D eigenvalue weighted by Gasteiger charge is -2.11. The number of rotatable bonds is 6. The SMILES string of the molecule is CCOc1ccc(C(=O)Cl)cc1C(=O)NCc1cccnc1. The normalized spacial score (nSPS) is 10.1. The van der Waals surface area contributed by atoms with Gasteiger partial charge in [-0.1, -0.05) is 6.07 Å². The molecular weight excluding hydrogens is 304 g/mol. The third-order valence-electron chi connectivity index (χ3n) is 2.93. The molecule has 114 valence electrons. The lowest BCUT2D eigenvalue weighted by Crippen LogP contribution is -2.23. The molecule has 0 unspecified atom stereocenters. The second-order valence-electron chi connectivity index (χ2n) is 4.46. The highest BCUT2D eigenvalue weighted by Crippen LogP contribution is 2.21. The van der Waals surface area contributed by atoms with Crippen molar-refractivity contribution in [3.05, 3.63) is 59.4 Å². The molecule has 0 aliphatic rings. The van der Waals surface area contributed by atoms with E-state index in [9.17, 15) is 9.59 Å². The minimum Gasteiger partial charge on any atom is -0.493 e. The summed E-state index contributed by atoms with van der Waals surface area (Å²) in [5.41, 5.74) is 1.40. The Balaban J connectivity index is 2.19. The molecule has 0 saturated heterocycles. The number of carbonyl (C=O) groups is 2. The number of hydrogen-bond acceptors (Lipinski definition) is 4. The van der Waals surface area contributed by atoms with Crippen molar-refractivity contribution in [3.8, 4) is 5.75 Å². The van der Waals surface area contributed by atoms with E-state index in [1.54, 1.807) is 24.5 Å². The Bertz CT molecular complexity index is 674. The van der Waals surface area contributed by atoms with Gasteiger partial charge in [0.25, 0.3) is 11.1 Å². The van der Waals surface area contributed by atoms with Gasteiger partial charge >= 0.3 is 0 Å². The molecule has 0 atom stereocenters. The third kappa shape index (κ3) is 4.05. The first kappa shape index (κ1) is 16.0. The van der Waals surface area contributed by atoms with E-state index < -0.39 is 5.24 Å². The van der Waals surface area contributed by atoms with Gasteiger partial charge in [0.15, 0.2) is 0 Å². The van der Waals surface area contributed by atoms with Gasteiger partial charge in [-0.2, -0.15) is 0 Å². The number of halogens is 1. The number of pyridine rings is 1. The largest absolute Gasteiger partial charge is 0.493 e. The van der Waals surface area contributed by atoms with Crippen molar-refractivity contribution in [1.29, 1.82) is 0 Å². The molecule has 0 aliphatic carbocycles. The first-order chi connectivity index (χ1) is 10.6. The number of ether oxygens (including phenoxy) is 1. The van der Waals surface area contributed by atoms with Gasteiger partial charge in [-0.25, -0.2) is 0 Å². The van der Waals surface area contributed by atoms with Gasteiger partial charge in [-0.3, -0.25) is 14.6 Å². The van der Waals surface area contributed by atoms with Crippen LogP contribution in [0.25, 0.3) is 0 Å². The van der Waals surface area contributed by atoms with Crippen molar-refractivity contribution in [3.63, 3.8) is 0 Å². The molecule has 0 saturated carbocycles. The second kappa shape index (κ2) is 7.56. The van der Waals surface area contributed by atoms with Crippen molar-refractivity contribution < 1.29 is 14.3 Å². The molecule has 0 bridgehead atoms. The summed E-state index contributed by atoms with van der Waals surface area (Å²) in [6.45, 7) is 2.56. The average molecular weight is 319 g/mol. The van der Waals surface area contributed by atoms with Crippen LogP contribution in [0.2, 0.25) is 0 Å². The minimum atomic E-state index is -0.621. The van der Waals surface area contributed by atoms with Crippen LogP contribution in [-0.2, 0) is 6.54 Å². The van der Waals surface area contributed by atoms with Crippen molar-refractivity contribution in [1.82, 2.24) is 10.3 Å². The van der Waals surface area contributed by atoms with Gasteiger partial charge in [-0.05, 0) is 48.4 Å². The molecule has 0 spiro atoms. The topological polar surface area (TPSA) is 68.3 Å². The van der Waals surface area contributed by atoms with Gasteiger partial charge < -0.3 is 10.1 Å². The van der Waals surface area contributed by atoms with Crippen LogP contribution in [0.3, 0.4) is 0 Å². The fourth-order valence-electron chi connectivity index (χ4n) is 1.89. The summed E-state index contributed by atoms with van der Waals surface area (Å²) >= 11 is 5.46. The van der Waals surface area contributed by atoms with Crippen LogP contribution in [0.1, 0.15) is 33.2 Å². The monoisotopic (exact) mass is 318 g/mol. The molecule has 1 amide bonds. The molecule has 2 aromatic rings. The maximum atomic E-state index is 12.3. The van der Waals surface area contributed by atoms with Gasteiger partial charge in [-0.15, -0.1) is 0 Å². The Morgan fingerprint density at radius 3 is 2.77 bits per heavy atom. The number of amides is 1. The average Bonchev–Trinajstić information content (AvgIpc) is 2.54. The molecule has 0 radical (unpaired) electrons. The molecule has 1 N–H and O–H groups in total. The lowest BCUT2D eigenvalue weighted by molar-refractivity contribution is 0.0947. The van der Waals surface area contributed by atoms with E-state index in [1.807, 2.05) is 13.0 Å². The van der Waals surface area contributed by atoms with Gasteiger partial charge in [0, 0.05) is 24.5 Å². The lowest BCUT2D eigenvalue weighted by atomic mass is 10.1. The van der Waals surface area contributed by atoms with Crippen LogP contribution in [0, 0.1) is 0 Å². The molecular formula is C16H15ClN2O3. The number of nitrogens with one attached hydrogen (secondary N) is 1. The fraction of sp³-hybridized carbons (Fsp3) is 0.188. The quantitative estimate of drug-likeness (QED) is 0.832. The highest BCUT2D eigenvalue weighted by molar-refractivity contribution is 6.67. The molecule has 5 nitrogen and oxygen atoms in total. The molecule has 0 aliphatic heterocycles. The number of carbonyl (C=O) groups excluding carboxylic acids is 2. The predicted octanol–water partition coefficient (Wildman–Crippen LogP) is 2.79. The van der Waals surface area contributed by atoms with Crippen LogP contribution >= 0.6 is 11.6 Å². The Morgan fingerprint density at radius 2 is 2.14 bits per heavy atom. The first-order valence-corrected chi connectivity index (χ1v) is 7.13. The maximum absolute atomic E-state index is 12.3. The number of hydrogen-bond donors (Lipinski definition) is 1. The number of benzene rings is 1. The smallest absolute Gasteiger partial charge is 0.255 e. The van der Waals surface area contributed by atoms with Crippen LogP contribution in [-0.4, -0.2) is 22.7 Å². The Hall–Kier alpha value is -2.40. The fourth-order valence-corrected chi connectivity index (χ4v) is 2.01. The van der Waals surface area contributed by atoms with E-state index in [-0.39, 0.29) is 17.0 Å². The van der Waals surface area contributed by atoms with Gasteiger partial charge in [0.05, 0.1) is 12.2 Å². The maximum Gasteiger partial charge on any atom is 0.255 e. The predicted molar refractivity (Wildman–Crippen MR) is 83.2 cm³/mol. The van der Waals surface area contributed by atoms with Crippen LogP contribution in [0.4, 0.5) is 0 Å². The summed E-state index contributed by atoms with van der Waals surface area (Å²) < 4.78 is 5.42. The van der Waals surface area contributed by atoms with Crippen molar-refractivity contribution in [2.45, 2.75) is 13.5 Å². The third-order valence-corrected chi connectivity index (χ3v) is 3.15. The number of nitrogens with zero attached hydrogens (tertiary/aromatic N) is 1. The number of aromatic nitrogens is 1. The van der Waals surface area contributed by atoms with E-state index in [0.29, 0.717) is 18.9 Å². The summed E-state index contributed by atoms with van der Waals surface area (Å²) in [7, 11) is 0. The molecule has 6 heteroatoms. The summed E-state index contributed by atoms with van der Waals surface area (Å²) in [6.07, 6.45) is 3.33. The first-order valence-electron chi connectivity index (χ1n) is 6.75.